The summed E-state index contributed by atoms with van der Waals surface area (Å²) < 4.78 is 17.8. The summed E-state index contributed by atoms with van der Waals surface area (Å²) in [6.45, 7) is 0. The van der Waals surface area contributed by atoms with Gasteiger partial charge in [-0.1, -0.05) is 22.0 Å². The SMILES string of the molecule is COC(=O)/C=C1/S/C(=N\N=Cc2ccc(F)c(CBr)c2)NC1=O. The maximum absolute atomic E-state index is 13.4. The fourth-order valence-corrected chi connectivity index (χ4v) is 2.74. The first-order valence-corrected chi connectivity index (χ1v) is 8.21. The molecule has 2 rings (SSSR count). The number of benzene rings is 1. The minimum atomic E-state index is -0.624. The third kappa shape index (κ3) is 4.73. The Morgan fingerprint density at radius 3 is 3.00 bits per heavy atom. The van der Waals surface area contributed by atoms with Gasteiger partial charge in [0.25, 0.3) is 5.91 Å². The lowest BCUT2D eigenvalue weighted by Crippen LogP contribution is -2.19. The number of ether oxygens (including phenoxy) is 1. The van der Waals surface area contributed by atoms with Crippen LogP contribution in [0, 0.1) is 5.82 Å². The minimum absolute atomic E-state index is 0.175. The highest BCUT2D eigenvalue weighted by Crippen LogP contribution is 2.23. The average Bonchev–Trinajstić information content (AvgIpc) is 2.88. The molecule has 0 aromatic heterocycles. The summed E-state index contributed by atoms with van der Waals surface area (Å²) in [5, 5.41) is 10.8. The predicted molar refractivity (Wildman–Crippen MR) is 89.9 cm³/mol. The number of methoxy groups -OCH3 is 1. The van der Waals surface area contributed by atoms with Crippen LogP contribution in [-0.2, 0) is 19.7 Å². The summed E-state index contributed by atoms with van der Waals surface area (Å²) in [5.74, 6) is -1.37. The number of thioether (sulfide) groups is 1. The van der Waals surface area contributed by atoms with Gasteiger partial charge in [0.1, 0.15) is 5.82 Å². The first-order chi connectivity index (χ1) is 11.0. The number of esters is 1. The van der Waals surface area contributed by atoms with Crippen LogP contribution >= 0.6 is 27.7 Å². The summed E-state index contributed by atoms with van der Waals surface area (Å²) in [6.07, 6.45) is 2.52. The lowest BCUT2D eigenvalue weighted by atomic mass is 10.1. The Labute approximate surface area is 144 Å². The van der Waals surface area contributed by atoms with Crippen LogP contribution in [0.1, 0.15) is 11.1 Å². The zero-order valence-corrected chi connectivity index (χ0v) is 14.3. The molecule has 120 valence electrons. The van der Waals surface area contributed by atoms with Crippen molar-refractivity contribution in [3.05, 3.63) is 46.1 Å². The van der Waals surface area contributed by atoms with E-state index in [4.69, 9.17) is 0 Å². The van der Waals surface area contributed by atoms with Gasteiger partial charge in [-0.15, -0.1) is 5.10 Å². The maximum atomic E-state index is 13.4. The molecule has 0 spiro atoms. The van der Waals surface area contributed by atoms with Crippen molar-refractivity contribution in [2.45, 2.75) is 5.33 Å². The van der Waals surface area contributed by atoms with Crippen LogP contribution in [-0.4, -0.2) is 30.4 Å². The van der Waals surface area contributed by atoms with Gasteiger partial charge in [-0.2, -0.15) is 5.10 Å². The molecule has 1 aromatic rings. The Balaban J connectivity index is 2.08. The number of nitrogens with zero attached hydrogens (tertiary/aromatic N) is 2. The van der Waals surface area contributed by atoms with E-state index in [9.17, 15) is 14.0 Å². The largest absolute Gasteiger partial charge is 0.466 e. The van der Waals surface area contributed by atoms with E-state index in [0.29, 0.717) is 16.5 Å². The monoisotopic (exact) mass is 399 g/mol. The van der Waals surface area contributed by atoms with Crippen molar-refractivity contribution < 1.29 is 18.7 Å². The summed E-state index contributed by atoms with van der Waals surface area (Å²) in [6, 6.07) is 4.54. The molecular formula is C14H11BrFN3O3S. The van der Waals surface area contributed by atoms with Gasteiger partial charge in [0.2, 0.25) is 0 Å². The fraction of sp³-hybridized carbons (Fsp3) is 0.143. The highest BCUT2D eigenvalue weighted by molar-refractivity contribution is 9.08. The van der Waals surface area contributed by atoms with Crippen LogP contribution in [0.2, 0.25) is 0 Å². The number of carbonyl (C=O) groups excluding carboxylic acids is 2. The van der Waals surface area contributed by atoms with E-state index in [1.165, 1.54) is 19.4 Å². The maximum Gasteiger partial charge on any atom is 0.331 e. The summed E-state index contributed by atoms with van der Waals surface area (Å²) in [4.78, 5) is 22.9. The second-order valence-corrected chi connectivity index (χ2v) is 5.81. The number of rotatable bonds is 4. The Hall–Kier alpha value is -2.00. The van der Waals surface area contributed by atoms with Gasteiger partial charge in [-0.25, -0.2) is 9.18 Å². The van der Waals surface area contributed by atoms with Crippen molar-refractivity contribution in [3.63, 3.8) is 0 Å². The molecule has 1 heterocycles. The van der Waals surface area contributed by atoms with Crippen LogP contribution < -0.4 is 5.32 Å². The van der Waals surface area contributed by atoms with Crippen LogP contribution in [0.4, 0.5) is 4.39 Å². The van der Waals surface area contributed by atoms with Crippen molar-refractivity contribution in [1.29, 1.82) is 0 Å². The van der Waals surface area contributed by atoms with Crippen molar-refractivity contribution in [2.24, 2.45) is 10.2 Å². The van der Waals surface area contributed by atoms with Gasteiger partial charge in [0.05, 0.1) is 18.2 Å². The third-order valence-electron chi connectivity index (χ3n) is 2.67. The standard InChI is InChI=1S/C14H11BrFN3O3S/c1-22-12(20)5-11-13(21)18-14(23-11)19-17-7-8-2-3-10(16)9(4-8)6-15/h2-5,7H,6H2,1H3,(H,18,19,21)/b11-5+,17-7?. The molecule has 0 unspecified atom stereocenters. The van der Waals surface area contributed by atoms with Crippen molar-refractivity contribution in [1.82, 2.24) is 5.32 Å². The van der Waals surface area contributed by atoms with Crippen molar-refractivity contribution >= 4 is 51.0 Å². The molecule has 0 atom stereocenters. The van der Waals surface area contributed by atoms with E-state index in [0.717, 1.165) is 17.8 Å². The highest BCUT2D eigenvalue weighted by atomic mass is 79.9. The lowest BCUT2D eigenvalue weighted by Gasteiger charge is -1.99. The zero-order chi connectivity index (χ0) is 16.8. The molecule has 0 radical (unpaired) electrons. The smallest absolute Gasteiger partial charge is 0.331 e. The van der Waals surface area contributed by atoms with Gasteiger partial charge in [-0.05, 0) is 35.0 Å². The van der Waals surface area contributed by atoms with E-state index in [-0.39, 0.29) is 15.9 Å². The number of amidine groups is 1. The second-order valence-electron chi connectivity index (χ2n) is 4.22. The van der Waals surface area contributed by atoms with Crippen molar-refractivity contribution in [3.8, 4) is 0 Å². The van der Waals surface area contributed by atoms with Gasteiger partial charge in [0, 0.05) is 11.4 Å². The Morgan fingerprint density at radius 1 is 1.52 bits per heavy atom. The minimum Gasteiger partial charge on any atom is -0.466 e. The van der Waals surface area contributed by atoms with Crippen LogP contribution in [0.15, 0.2) is 39.4 Å². The molecule has 1 aliphatic heterocycles. The number of hydrogen-bond acceptors (Lipinski definition) is 6. The first kappa shape index (κ1) is 17.4. The lowest BCUT2D eigenvalue weighted by molar-refractivity contribution is -0.135. The summed E-state index contributed by atoms with van der Waals surface area (Å²) in [5.41, 5.74) is 1.18. The molecule has 1 aromatic carbocycles. The molecule has 23 heavy (non-hydrogen) atoms. The topological polar surface area (TPSA) is 80.1 Å². The summed E-state index contributed by atoms with van der Waals surface area (Å²) >= 11 is 4.17. The van der Waals surface area contributed by atoms with Crippen molar-refractivity contribution in [2.75, 3.05) is 7.11 Å². The average molecular weight is 400 g/mol. The third-order valence-corrected chi connectivity index (χ3v) is 4.17. The van der Waals surface area contributed by atoms with Gasteiger partial charge in [-0.3, -0.25) is 10.1 Å². The first-order valence-electron chi connectivity index (χ1n) is 6.27. The Kier molecular flexibility index (Phi) is 6.05. The number of nitrogens with one attached hydrogen (secondary N) is 1. The van der Waals surface area contributed by atoms with E-state index in [1.54, 1.807) is 12.1 Å². The summed E-state index contributed by atoms with van der Waals surface area (Å²) in [7, 11) is 1.22. The molecular weight excluding hydrogens is 389 g/mol. The highest BCUT2D eigenvalue weighted by Gasteiger charge is 2.24. The zero-order valence-electron chi connectivity index (χ0n) is 11.9. The number of halogens is 2. The molecule has 0 aliphatic carbocycles. The quantitative estimate of drug-likeness (QED) is 0.277. The Morgan fingerprint density at radius 2 is 2.30 bits per heavy atom. The van der Waals surface area contributed by atoms with Crippen LogP contribution in [0.5, 0.6) is 0 Å². The van der Waals surface area contributed by atoms with Crippen LogP contribution in [0.3, 0.4) is 0 Å². The van der Waals surface area contributed by atoms with E-state index < -0.39 is 11.9 Å². The predicted octanol–water partition coefficient (Wildman–Crippen LogP) is 2.33. The number of amides is 1. The molecule has 9 heteroatoms. The van der Waals surface area contributed by atoms with Gasteiger partial charge in [0.15, 0.2) is 5.17 Å². The molecule has 1 saturated heterocycles. The van der Waals surface area contributed by atoms with Gasteiger partial charge >= 0.3 is 5.97 Å². The molecule has 1 amide bonds. The normalized spacial score (nSPS) is 18.0. The fourth-order valence-electron chi connectivity index (χ4n) is 1.57. The van der Waals surface area contributed by atoms with Gasteiger partial charge < -0.3 is 4.74 Å². The molecule has 1 fully saturated rings. The molecule has 1 aliphatic rings. The molecule has 6 nitrogen and oxygen atoms in total. The molecule has 0 bridgehead atoms. The van der Waals surface area contributed by atoms with E-state index in [2.05, 4.69) is 36.2 Å². The number of hydrogen-bond donors (Lipinski definition) is 1. The Bertz CT molecular complexity index is 734. The number of carbonyl (C=O) groups is 2. The number of alkyl halides is 1. The van der Waals surface area contributed by atoms with Crippen LogP contribution in [0.25, 0.3) is 0 Å². The molecule has 1 N–H and O–H groups in total. The van der Waals surface area contributed by atoms with E-state index in [1.807, 2.05) is 0 Å². The van der Waals surface area contributed by atoms with E-state index >= 15 is 0 Å². The molecule has 0 saturated carbocycles. The second kappa shape index (κ2) is 8.02.